The topological polar surface area (TPSA) is 38.0 Å². The summed E-state index contributed by atoms with van der Waals surface area (Å²) in [5.41, 5.74) is 2.92. The number of rotatable bonds is 3. The van der Waals surface area contributed by atoms with Crippen molar-refractivity contribution in [1.82, 2.24) is 9.78 Å². The molecule has 0 amide bonds. The molecule has 2 rings (SSSR count). The van der Waals surface area contributed by atoms with Gasteiger partial charge in [0.1, 0.15) is 0 Å². The van der Waals surface area contributed by atoms with Crippen LogP contribution in [0.25, 0.3) is 0 Å². The van der Waals surface area contributed by atoms with Gasteiger partial charge in [-0.3, -0.25) is 4.68 Å². The molecule has 1 heterocycles. The molecule has 0 aliphatic carbocycles. The average Bonchev–Trinajstić information content (AvgIpc) is 2.61. The second-order valence-corrected chi connectivity index (χ2v) is 6.39. The van der Waals surface area contributed by atoms with Crippen LogP contribution in [0.5, 0.6) is 0 Å². The zero-order valence-corrected chi connectivity index (χ0v) is 13.9. The molecule has 1 N–H and O–H groups in total. The molecular formula is C13H14BrIN2O. The average molecular weight is 421 g/mol. The number of benzene rings is 1. The molecule has 0 bridgehead atoms. The Balaban J connectivity index is 2.24. The monoisotopic (exact) mass is 420 g/mol. The molecule has 0 spiro atoms. The van der Waals surface area contributed by atoms with Gasteiger partial charge >= 0.3 is 0 Å². The van der Waals surface area contributed by atoms with Crippen LogP contribution in [0.15, 0.2) is 28.7 Å². The fraction of sp³-hybridized carbons (Fsp3) is 0.308. The van der Waals surface area contributed by atoms with Gasteiger partial charge in [-0.2, -0.15) is 5.10 Å². The van der Waals surface area contributed by atoms with Crippen LogP contribution in [-0.2, 0) is 13.5 Å². The van der Waals surface area contributed by atoms with Crippen molar-refractivity contribution in [2.24, 2.45) is 7.05 Å². The number of hydrogen-bond donors (Lipinski definition) is 1. The molecule has 1 aromatic heterocycles. The van der Waals surface area contributed by atoms with Gasteiger partial charge in [0.2, 0.25) is 0 Å². The molecule has 1 atom stereocenters. The van der Waals surface area contributed by atoms with Gasteiger partial charge in [-0.25, -0.2) is 0 Å². The highest BCUT2D eigenvalue weighted by molar-refractivity contribution is 14.1. The molecule has 1 aromatic carbocycles. The van der Waals surface area contributed by atoms with Crippen molar-refractivity contribution in [3.05, 3.63) is 49.3 Å². The van der Waals surface area contributed by atoms with Crippen LogP contribution < -0.4 is 0 Å². The van der Waals surface area contributed by atoms with E-state index in [-0.39, 0.29) is 0 Å². The van der Waals surface area contributed by atoms with Gasteiger partial charge < -0.3 is 5.11 Å². The van der Waals surface area contributed by atoms with Crippen molar-refractivity contribution in [2.45, 2.75) is 19.4 Å². The number of aliphatic hydroxyl groups is 1. The third-order valence-corrected chi connectivity index (χ3v) is 4.21. The Morgan fingerprint density at radius 1 is 1.44 bits per heavy atom. The van der Waals surface area contributed by atoms with Crippen molar-refractivity contribution >= 4 is 38.5 Å². The summed E-state index contributed by atoms with van der Waals surface area (Å²) in [4.78, 5) is 0. The lowest BCUT2D eigenvalue weighted by molar-refractivity contribution is 0.175. The van der Waals surface area contributed by atoms with Crippen LogP contribution in [0, 0.1) is 10.5 Å². The van der Waals surface area contributed by atoms with Crippen molar-refractivity contribution < 1.29 is 5.11 Å². The van der Waals surface area contributed by atoms with E-state index >= 15 is 0 Å². The van der Waals surface area contributed by atoms with Gasteiger partial charge in [-0.05, 0) is 59.3 Å². The number of nitrogens with zero attached hydrogens (tertiary/aromatic N) is 2. The minimum Gasteiger partial charge on any atom is -0.388 e. The Morgan fingerprint density at radius 2 is 2.17 bits per heavy atom. The van der Waals surface area contributed by atoms with E-state index in [1.807, 2.05) is 42.9 Å². The van der Waals surface area contributed by atoms with Crippen molar-refractivity contribution in [2.75, 3.05) is 0 Å². The highest BCUT2D eigenvalue weighted by Crippen LogP contribution is 2.27. The minimum absolute atomic E-state index is 0.524. The van der Waals surface area contributed by atoms with Crippen molar-refractivity contribution in [3.8, 4) is 0 Å². The summed E-state index contributed by atoms with van der Waals surface area (Å²) in [6, 6.07) is 7.98. The molecule has 3 nitrogen and oxygen atoms in total. The molecule has 0 radical (unpaired) electrons. The maximum Gasteiger partial charge on any atom is 0.0856 e. The molecule has 96 valence electrons. The molecule has 5 heteroatoms. The lowest BCUT2D eigenvalue weighted by Crippen LogP contribution is -2.07. The minimum atomic E-state index is -0.524. The maximum absolute atomic E-state index is 10.3. The summed E-state index contributed by atoms with van der Waals surface area (Å²) in [6.07, 6.45) is 0.0413. The van der Waals surface area contributed by atoms with E-state index in [2.05, 4.69) is 43.6 Å². The summed E-state index contributed by atoms with van der Waals surface area (Å²) in [7, 11) is 1.90. The standard InChI is InChI=1S/C13H14BrIN2O/c1-8-5-10(17(2)16-8)7-13(18)11-6-9(15)3-4-12(11)14/h3-6,13,18H,7H2,1-2H3. The molecular weight excluding hydrogens is 407 g/mol. The van der Waals surface area contributed by atoms with Crippen molar-refractivity contribution in [3.63, 3.8) is 0 Å². The van der Waals surface area contributed by atoms with E-state index in [0.717, 1.165) is 25.0 Å². The van der Waals surface area contributed by atoms with Crippen molar-refractivity contribution in [1.29, 1.82) is 0 Å². The van der Waals surface area contributed by atoms with E-state index in [1.165, 1.54) is 0 Å². The van der Waals surface area contributed by atoms with Gasteiger partial charge in [0.15, 0.2) is 0 Å². The first-order valence-corrected chi connectivity index (χ1v) is 7.47. The molecule has 2 aromatic rings. The van der Waals surface area contributed by atoms with E-state index in [1.54, 1.807) is 0 Å². The number of hydrogen-bond acceptors (Lipinski definition) is 2. The molecule has 0 aliphatic heterocycles. The van der Waals surface area contributed by atoms with Crippen LogP contribution in [0.1, 0.15) is 23.1 Å². The lowest BCUT2D eigenvalue weighted by Gasteiger charge is -2.13. The molecule has 0 aliphatic rings. The smallest absolute Gasteiger partial charge is 0.0856 e. The molecule has 0 fully saturated rings. The highest BCUT2D eigenvalue weighted by Gasteiger charge is 2.15. The van der Waals surface area contributed by atoms with E-state index in [0.29, 0.717) is 6.42 Å². The Morgan fingerprint density at radius 3 is 2.78 bits per heavy atom. The second kappa shape index (κ2) is 5.71. The van der Waals surface area contributed by atoms with Crippen LogP contribution in [-0.4, -0.2) is 14.9 Å². The Hall–Kier alpha value is -0.400. The SMILES string of the molecule is Cc1cc(CC(O)c2cc(I)ccc2Br)n(C)n1. The van der Waals surface area contributed by atoms with Crippen LogP contribution >= 0.6 is 38.5 Å². The second-order valence-electron chi connectivity index (χ2n) is 4.29. The summed E-state index contributed by atoms with van der Waals surface area (Å²) in [5.74, 6) is 0. The largest absolute Gasteiger partial charge is 0.388 e. The van der Waals surface area contributed by atoms with Crippen LogP contribution in [0.2, 0.25) is 0 Å². The van der Waals surface area contributed by atoms with Gasteiger partial charge in [0.25, 0.3) is 0 Å². The third kappa shape index (κ3) is 3.13. The Bertz CT molecular complexity index is 568. The first kappa shape index (κ1) is 14.0. The van der Waals surface area contributed by atoms with Gasteiger partial charge in [0.05, 0.1) is 11.8 Å². The lowest BCUT2D eigenvalue weighted by atomic mass is 10.0. The zero-order valence-electron chi connectivity index (χ0n) is 10.2. The fourth-order valence-corrected chi connectivity index (χ4v) is 2.96. The van der Waals surface area contributed by atoms with Gasteiger partial charge in [-0.1, -0.05) is 15.9 Å². The number of aliphatic hydroxyl groups excluding tert-OH is 1. The molecule has 18 heavy (non-hydrogen) atoms. The summed E-state index contributed by atoms with van der Waals surface area (Å²) >= 11 is 5.73. The number of halogens is 2. The zero-order chi connectivity index (χ0) is 13.3. The third-order valence-electron chi connectivity index (χ3n) is 2.82. The molecule has 0 saturated carbocycles. The Labute approximate surface area is 128 Å². The number of aryl methyl sites for hydroxylation is 2. The summed E-state index contributed by atoms with van der Waals surface area (Å²) in [6.45, 7) is 1.96. The highest BCUT2D eigenvalue weighted by atomic mass is 127. The first-order valence-electron chi connectivity index (χ1n) is 5.60. The van der Waals surface area contributed by atoms with Gasteiger partial charge in [-0.15, -0.1) is 0 Å². The summed E-state index contributed by atoms with van der Waals surface area (Å²) in [5, 5.41) is 14.6. The fourth-order valence-electron chi connectivity index (χ4n) is 1.93. The Kier molecular flexibility index (Phi) is 4.45. The van der Waals surface area contributed by atoms with Crippen LogP contribution in [0.3, 0.4) is 0 Å². The van der Waals surface area contributed by atoms with Crippen LogP contribution in [0.4, 0.5) is 0 Å². The predicted octanol–water partition coefficient (Wildman–Crippen LogP) is 3.37. The first-order chi connectivity index (χ1) is 8.47. The maximum atomic E-state index is 10.3. The molecule has 0 saturated heterocycles. The number of aromatic nitrogens is 2. The quantitative estimate of drug-likeness (QED) is 0.773. The van der Waals surface area contributed by atoms with E-state index < -0.39 is 6.10 Å². The normalized spacial score (nSPS) is 12.7. The van der Waals surface area contributed by atoms with E-state index in [9.17, 15) is 5.11 Å². The van der Waals surface area contributed by atoms with E-state index in [4.69, 9.17) is 0 Å². The van der Waals surface area contributed by atoms with Gasteiger partial charge in [0, 0.05) is 27.2 Å². The molecule has 1 unspecified atom stereocenters. The predicted molar refractivity (Wildman–Crippen MR) is 83.5 cm³/mol. The summed E-state index contributed by atoms with van der Waals surface area (Å²) < 4.78 is 3.88.